The van der Waals surface area contributed by atoms with Gasteiger partial charge in [0.25, 0.3) is 0 Å². The smallest absolute Gasteiger partial charge is 0.340 e. The van der Waals surface area contributed by atoms with Crippen LogP contribution in [0, 0.1) is 11.3 Å². The van der Waals surface area contributed by atoms with Gasteiger partial charge in [0.15, 0.2) is 0 Å². The minimum atomic E-state index is -0.500. The van der Waals surface area contributed by atoms with Crippen molar-refractivity contribution in [3.63, 3.8) is 0 Å². The number of para-hydroxylation sites is 1. The zero-order chi connectivity index (χ0) is 17.5. The lowest BCUT2D eigenvalue weighted by atomic mass is 10.1. The molecule has 0 bridgehead atoms. The molecule has 138 valence electrons. The van der Waals surface area contributed by atoms with Crippen molar-refractivity contribution in [3.8, 4) is 0 Å². The number of alkyl halides is 1. The van der Waals surface area contributed by atoms with Crippen LogP contribution in [0.3, 0.4) is 0 Å². The first-order valence-corrected chi connectivity index (χ1v) is 8.27. The molecule has 1 aromatic carbocycles. The molecule has 2 amide bonds. The molecule has 1 fully saturated rings. The first kappa shape index (κ1) is 21.1. The summed E-state index contributed by atoms with van der Waals surface area (Å²) in [5.41, 5.74) is 0.872. The number of ether oxygens (including phenoxy) is 1. The van der Waals surface area contributed by atoms with Gasteiger partial charge in [-0.1, -0.05) is 12.1 Å². The maximum absolute atomic E-state index is 12.3. The third-order valence-corrected chi connectivity index (χ3v) is 3.75. The van der Waals surface area contributed by atoms with Crippen molar-refractivity contribution in [2.75, 3.05) is 31.0 Å². The maximum Gasteiger partial charge on any atom is 0.340 e. The van der Waals surface area contributed by atoms with Crippen molar-refractivity contribution in [3.05, 3.63) is 29.8 Å². The van der Waals surface area contributed by atoms with Gasteiger partial charge in [-0.05, 0) is 30.9 Å². The third kappa shape index (κ3) is 6.10. The molecule has 1 saturated carbocycles. The predicted molar refractivity (Wildman–Crippen MR) is 100 cm³/mol. The summed E-state index contributed by atoms with van der Waals surface area (Å²) in [6.07, 6.45) is 2.14. The number of amides is 2. The highest BCUT2D eigenvalue weighted by Gasteiger charge is 2.29. The summed E-state index contributed by atoms with van der Waals surface area (Å²) in [6.45, 7) is 0.675. The Kier molecular flexibility index (Phi) is 8.51. The number of hydrogen-bond donors (Lipinski definition) is 3. The van der Waals surface area contributed by atoms with Gasteiger partial charge in [0, 0.05) is 13.6 Å². The molecule has 0 spiro atoms. The largest absolute Gasteiger partial charge is 0.461 e. The molecule has 1 aliphatic rings. The number of rotatable bonds is 6. The van der Waals surface area contributed by atoms with Gasteiger partial charge in [-0.25, -0.2) is 9.59 Å². The molecule has 2 rings (SSSR count). The van der Waals surface area contributed by atoms with Gasteiger partial charge in [0.05, 0.1) is 17.1 Å². The van der Waals surface area contributed by atoms with Gasteiger partial charge >= 0.3 is 12.0 Å². The summed E-state index contributed by atoms with van der Waals surface area (Å²) in [7, 11) is 1.48. The maximum atomic E-state index is 12.3. The average Bonchev–Trinajstić information content (AvgIpc) is 3.41. The summed E-state index contributed by atoms with van der Waals surface area (Å²) in [5, 5.41) is 13.1. The molecule has 1 aromatic rings. The van der Waals surface area contributed by atoms with Crippen LogP contribution in [0.5, 0.6) is 0 Å². The lowest BCUT2D eigenvalue weighted by molar-refractivity contribution is 0.0530. The van der Waals surface area contributed by atoms with Crippen molar-refractivity contribution in [2.45, 2.75) is 12.8 Å². The Bertz CT molecular complexity index is 623. The van der Waals surface area contributed by atoms with Crippen LogP contribution in [0.15, 0.2) is 24.3 Å². The van der Waals surface area contributed by atoms with Gasteiger partial charge in [0.2, 0.25) is 5.96 Å². The number of carbonyl (C=O) groups is 2. The van der Waals surface area contributed by atoms with Gasteiger partial charge < -0.3 is 15.0 Å². The Morgan fingerprint density at radius 1 is 1.36 bits per heavy atom. The molecule has 9 heteroatoms. The Hall–Kier alpha value is -1.99. The molecule has 0 atom stereocenters. The number of anilines is 1. The molecular weight excluding hydrogens is 367 g/mol. The van der Waals surface area contributed by atoms with Crippen molar-refractivity contribution < 1.29 is 14.3 Å². The first-order valence-electron chi connectivity index (χ1n) is 7.73. The van der Waals surface area contributed by atoms with E-state index in [9.17, 15) is 9.59 Å². The minimum Gasteiger partial charge on any atom is -0.461 e. The molecule has 0 saturated heterocycles. The molecular formula is C16H22Cl2N4O3. The summed E-state index contributed by atoms with van der Waals surface area (Å²) >= 11 is 5.56. The highest BCUT2D eigenvalue weighted by atomic mass is 35.5. The molecule has 0 aliphatic heterocycles. The van der Waals surface area contributed by atoms with E-state index < -0.39 is 12.0 Å². The zero-order valence-electron chi connectivity index (χ0n) is 13.9. The average molecular weight is 389 g/mol. The van der Waals surface area contributed by atoms with E-state index >= 15 is 0 Å². The summed E-state index contributed by atoms with van der Waals surface area (Å²) < 4.78 is 5.10. The fraction of sp³-hybridized carbons (Fsp3) is 0.438. The second-order valence-electron chi connectivity index (χ2n) is 5.45. The number of halogens is 2. The van der Waals surface area contributed by atoms with E-state index in [1.807, 2.05) is 0 Å². The number of nitrogens with one attached hydrogen (secondary N) is 3. The Morgan fingerprint density at radius 2 is 2.04 bits per heavy atom. The second kappa shape index (κ2) is 10.1. The van der Waals surface area contributed by atoms with E-state index in [-0.39, 0.29) is 30.9 Å². The minimum absolute atomic E-state index is 0. The topological polar surface area (TPSA) is 94.5 Å². The molecule has 0 unspecified atom stereocenters. The lowest BCUT2D eigenvalue weighted by Gasteiger charge is -2.27. The molecule has 3 N–H and O–H groups in total. The van der Waals surface area contributed by atoms with Crippen molar-refractivity contribution in [1.82, 2.24) is 10.6 Å². The van der Waals surface area contributed by atoms with Crippen molar-refractivity contribution >= 4 is 47.7 Å². The van der Waals surface area contributed by atoms with Gasteiger partial charge in [0.1, 0.15) is 6.61 Å². The number of guanidine groups is 1. The van der Waals surface area contributed by atoms with Crippen molar-refractivity contribution in [2.24, 2.45) is 5.92 Å². The number of carbonyl (C=O) groups excluding carboxylic acids is 2. The number of nitrogens with zero attached hydrogens (tertiary/aromatic N) is 1. The summed E-state index contributed by atoms with van der Waals surface area (Å²) in [6, 6.07) is 6.40. The van der Waals surface area contributed by atoms with Crippen LogP contribution >= 0.6 is 24.0 Å². The standard InChI is InChI=1S/C16H21ClN4O3.ClH/c1-19-16(23)20-15(18)21(10-11-6-7-11)13-5-3-2-4-12(13)14(22)24-9-8-17;/h2-5,11H,6-10H2,1H3,(H3,18,19,20,23);1H. The first-order chi connectivity index (χ1) is 11.6. The highest BCUT2D eigenvalue weighted by Crippen LogP contribution is 2.32. The van der Waals surface area contributed by atoms with Crippen LogP contribution < -0.4 is 15.5 Å². The fourth-order valence-electron chi connectivity index (χ4n) is 2.20. The number of esters is 1. The molecule has 1 aliphatic carbocycles. The molecule has 25 heavy (non-hydrogen) atoms. The Morgan fingerprint density at radius 3 is 2.64 bits per heavy atom. The quantitative estimate of drug-likeness (QED) is 0.302. The Labute approximate surface area is 158 Å². The summed E-state index contributed by atoms with van der Waals surface area (Å²) in [4.78, 5) is 25.4. The lowest BCUT2D eigenvalue weighted by Crippen LogP contribution is -2.48. The van der Waals surface area contributed by atoms with Gasteiger partial charge in [-0.15, -0.1) is 24.0 Å². The summed E-state index contributed by atoms with van der Waals surface area (Å²) in [5.74, 6) is 0.0793. The SMILES string of the molecule is CNC(=O)NC(=N)N(CC1CC1)c1ccccc1C(=O)OCCCl.Cl. The van der Waals surface area contributed by atoms with E-state index in [0.717, 1.165) is 12.8 Å². The van der Waals surface area contributed by atoms with Crippen LogP contribution in [-0.2, 0) is 4.74 Å². The molecule has 0 aromatic heterocycles. The van der Waals surface area contributed by atoms with Gasteiger partial charge in [-0.3, -0.25) is 10.7 Å². The monoisotopic (exact) mass is 388 g/mol. The molecule has 7 nitrogen and oxygen atoms in total. The molecule has 0 heterocycles. The van der Waals surface area contributed by atoms with Crippen LogP contribution in [0.1, 0.15) is 23.2 Å². The Balaban J connectivity index is 0.00000312. The second-order valence-corrected chi connectivity index (χ2v) is 5.83. The van der Waals surface area contributed by atoms with Crippen LogP contribution in [0.4, 0.5) is 10.5 Å². The highest BCUT2D eigenvalue weighted by molar-refractivity contribution is 6.18. The molecule has 0 radical (unpaired) electrons. The van der Waals surface area contributed by atoms with E-state index in [1.165, 1.54) is 7.05 Å². The number of benzene rings is 1. The van der Waals surface area contributed by atoms with Gasteiger partial charge in [-0.2, -0.15) is 0 Å². The normalized spacial score (nSPS) is 12.6. The number of hydrogen-bond acceptors (Lipinski definition) is 4. The van der Waals surface area contributed by atoms with E-state index in [4.69, 9.17) is 21.7 Å². The number of urea groups is 1. The fourth-order valence-corrected chi connectivity index (χ4v) is 2.27. The predicted octanol–water partition coefficient (Wildman–Crippen LogP) is 2.58. The van der Waals surface area contributed by atoms with E-state index in [0.29, 0.717) is 23.7 Å². The van der Waals surface area contributed by atoms with Crippen LogP contribution in [-0.4, -0.2) is 44.0 Å². The van der Waals surface area contributed by atoms with Crippen molar-refractivity contribution in [1.29, 1.82) is 5.41 Å². The van der Waals surface area contributed by atoms with E-state index in [1.54, 1.807) is 29.2 Å². The third-order valence-electron chi connectivity index (χ3n) is 3.59. The zero-order valence-corrected chi connectivity index (χ0v) is 15.5. The van der Waals surface area contributed by atoms with Crippen LogP contribution in [0.2, 0.25) is 0 Å². The van der Waals surface area contributed by atoms with E-state index in [2.05, 4.69) is 10.6 Å². The van der Waals surface area contributed by atoms with Crippen LogP contribution in [0.25, 0.3) is 0 Å².